The van der Waals surface area contributed by atoms with Crippen molar-refractivity contribution in [2.24, 2.45) is 0 Å². The van der Waals surface area contributed by atoms with Crippen molar-refractivity contribution in [1.29, 1.82) is 0 Å². The molecule has 1 amide bonds. The highest BCUT2D eigenvalue weighted by molar-refractivity contribution is 5.94. The molecule has 1 fully saturated rings. The second kappa shape index (κ2) is 7.89. The topological polar surface area (TPSA) is 75.5 Å². The number of aryl methyl sites for hydroxylation is 1. The minimum atomic E-state index is -0.456. The highest BCUT2D eigenvalue weighted by Gasteiger charge is 2.15. The molecule has 1 saturated heterocycles. The predicted octanol–water partition coefficient (Wildman–Crippen LogP) is 2.51. The number of nitro benzene ring substituents is 1. The van der Waals surface area contributed by atoms with Crippen LogP contribution in [-0.4, -0.2) is 41.9 Å². The van der Waals surface area contributed by atoms with Gasteiger partial charge >= 0.3 is 0 Å². The summed E-state index contributed by atoms with van der Waals surface area (Å²) in [4.78, 5) is 24.9. The fraction of sp³-hybridized carbons (Fsp3) is 0.562. The van der Waals surface area contributed by atoms with E-state index in [1.165, 1.54) is 32.0 Å². The van der Waals surface area contributed by atoms with E-state index in [2.05, 4.69) is 10.2 Å². The average molecular weight is 305 g/mol. The van der Waals surface area contributed by atoms with Gasteiger partial charge in [0.25, 0.3) is 11.6 Å². The highest BCUT2D eigenvalue weighted by Crippen LogP contribution is 2.19. The molecule has 1 aliphatic heterocycles. The zero-order valence-corrected chi connectivity index (χ0v) is 13.0. The van der Waals surface area contributed by atoms with Crippen LogP contribution < -0.4 is 5.32 Å². The quantitative estimate of drug-likeness (QED) is 0.477. The Morgan fingerprint density at radius 1 is 1.32 bits per heavy atom. The maximum absolute atomic E-state index is 12.0. The molecule has 1 heterocycles. The lowest BCUT2D eigenvalue weighted by atomic mass is 10.1. The largest absolute Gasteiger partial charge is 0.352 e. The number of carbonyl (C=O) groups excluding carboxylic acids is 1. The Labute approximate surface area is 130 Å². The lowest BCUT2D eigenvalue weighted by molar-refractivity contribution is -0.385. The zero-order chi connectivity index (χ0) is 15.9. The molecule has 1 aromatic rings. The van der Waals surface area contributed by atoms with Gasteiger partial charge < -0.3 is 10.2 Å². The fourth-order valence-corrected chi connectivity index (χ4v) is 2.72. The lowest BCUT2D eigenvalue weighted by Crippen LogP contribution is -2.26. The zero-order valence-electron chi connectivity index (χ0n) is 13.0. The lowest BCUT2D eigenvalue weighted by Gasteiger charge is -2.14. The first-order valence-electron chi connectivity index (χ1n) is 7.83. The number of rotatable bonds is 7. The number of carbonyl (C=O) groups is 1. The maximum Gasteiger partial charge on any atom is 0.273 e. The standard InChI is InChI=1S/C16H23N3O3/c1-13-6-7-14(12-15(13)19(21)22)16(20)17-8-2-3-9-18-10-4-5-11-18/h6-7,12H,2-5,8-11H2,1H3,(H,17,20). The summed E-state index contributed by atoms with van der Waals surface area (Å²) in [5, 5.41) is 13.7. The van der Waals surface area contributed by atoms with E-state index in [1.54, 1.807) is 19.1 Å². The van der Waals surface area contributed by atoms with E-state index in [4.69, 9.17) is 0 Å². The summed E-state index contributed by atoms with van der Waals surface area (Å²) in [5.74, 6) is -0.246. The van der Waals surface area contributed by atoms with E-state index in [0.29, 0.717) is 17.7 Å². The molecule has 1 aliphatic rings. The molecule has 0 unspecified atom stereocenters. The van der Waals surface area contributed by atoms with Gasteiger partial charge in [-0.1, -0.05) is 6.07 Å². The van der Waals surface area contributed by atoms with E-state index >= 15 is 0 Å². The third kappa shape index (κ3) is 4.53. The van der Waals surface area contributed by atoms with E-state index in [1.807, 2.05) is 0 Å². The Morgan fingerprint density at radius 2 is 2.05 bits per heavy atom. The van der Waals surface area contributed by atoms with Gasteiger partial charge in [-0.2, -0.15) is 0 Å². The maximum atomic E-state index is 12.0. The van der Waals surface area contributed by atoms with Gasteiger partial charge in [0.1, 0.15) is 0 Å². The molecule has 22 heavy (non-hydrogen) atoms. The van der Waals surface area contributed by atoms with Crippen molar-refractivity contribution in [3.63, 3.8) is 0 Å². The van der Waals surface area contributed by atoms with Crippen molar-refractivity contribution >= 4 is 11.6 Å². The summed E-state index contributed by atoms with van der Waals surface area (Å²) < 4.78 is 0. The Morgan fingerprint density at radius 3 is 2.73 bits per heavy atom. The summed E-state index contributed by atoms with van der Waals surface area (Å²) in [6.07, 6.45) is 4.58. The van der Waals surface area contributed by atoms with Gasteiger partial charge in [0, 0.05) is 23.7 Å². The molecule has 6 nitrogen and oxygen atoms in total. The summed E-state index contributed by atoms with van der Waals surface area (Å²) >= 11 is 0. The molecule has 0 saturated carbocycles. The van der Waals surface area contributed by atoms with Crippen LogP contribution in [0.3, 0.4) is 0 Å². The number of nitrogens with zero attached hydrogens (tertiary/aromatic N) is 2. The Balaban J connectivity index is 1.74. The Hall–Kier alpha value is -1.95. The Bertz CT molecular complexity index is 539. The van der Waals surface area contributed by atoms with Gasteiger partial charge in [-0.25, -0.2) is 0 Å². The van der Waals surface area contributed by atoms with Crippen LogP contribution in [0, 0.1) is 17.0 Å². The highest BCUT2D eigenvalue weighted by atomic mass is 16.6. The SMILES string of the molecule is Cc1ccc(C(=O)NCCCCN2CCCC2)cc1[N+](=O)[O-]. The van der Waals surface area contributed by atoms with Crippen LogP contribution in [0.15, 0.2) is 18.2 Å². The van der Waals surface area contributed by atoms with Crippen LogP contribution in [0.5, 0.6) is 0 Å². The van der Waals surface area contributed by atoms with Crippen LogP contribution in [0.25, 0.3) is 0 Å². The average Bonchev–Trinajstić information content (AvgIpc) is 3.00. The van der Waals surface area contributed by atoms with Gasteiger partial charge in [0.2, 0.25) is 0 Å². The number of nitro groups is 1. The summed E-state index contributed by atoms with van der Waals surface area (Å²) in [5.41, 5.74) is 0.894. The molecule has 1 aromatic carbocycles. The minimum absolute atomic E-state index is 0.0123. The molecule has 6 heteroatoms. The second-order valence-electron chi connectivity index (χ2n) is 5.77. The molecular weight excluding hydrogens is 282 g/mol. The number of amides is 1. The first kappa shape index (κ1) is 16.4. The van der Waals surface area contributed by atoms with E-state index in [9.17, 15) is 14.9 Å². The van der Waals surface area contributed by atoms with Crippen molar-refractivity contribution in [1.82, 2.24) is 10.2 Å². The van der Waals surface area contributed by atoms with Crippen molar-refractivity contribution < 1.29 is 9.72 Å². The molecule has 1 N–H and O–H groups in total. The molecule has 0 spiro atoms. The second-order valence-corrected chi connectivity index (χ2v) is 5.77. The third-order valence-corrected chi connectivity index (χ3v) is 4.05. The number of hydrogen-bond acceptors (Lipinski definition) is 4. The van der Waals surface area contributed by atoms with Crippen molar-refractivity contribution in [2.45, 2.75) is 32.6 Å². The van der Waals surface area contributed by atoms with Crippen molar-refractivity contribution in [3.05, 3.63) is 39.4 Å². The van der Waals surface area contributed by atoms with Crippen LogP contribution in [-0.2, 0) is 0 Å². The van der Waals surface area contributed by atoms with Gasteiger partial charge in [-0.15, -0.1) is 0 Å². The summed E-state index contributed by atoms with van der Waals surface area (Å²) in [6, 6.07) is 4.58. The molecule has 0 aliphatic carbocycles. The number of nitrogens with one attached hydrogen (secondary N) is 1. The predicted molar refractivity (Wildman–Crippen MR) is 85.1 cm³/mol. The van der Waals surface area contributed by atoms with Gasteiger partial charge in [-0.3, -0.25) is 14.9 Å². The Kier molecular flexibility index (Phi) is 5.89. The molecule has 2 rings (SSSR count). The monoisotopic (exact) mass is 305 g/mol. The summed E-state index contributed by atoms with van der Waals surface area (Å²) in [7, 11) is 0. The van der Waals surface area contributed by atoms with Gasteiger partial charge in [0.05, 0.1) is 4.92 Å². The van der Waals surface area contributed by atoms with Crippen LogP contribution in [0.4, 0.5) is 5.69 Å². The molecule has 0 atom stereocenters. The first-order valence-corrected chi connectivity index (χ1v) is 7.83. The van der Waals surface area contributed by atoms with Gasteiger partial charge in [-0.05, 0) is 58.3 Å². The van der Waals surface area contributed by atoms with Crippen molar-refractivity contribution in [3.8, 4) is 0 Å². The molecule has 0 radical (unpaired) electrons. The fourth-order valence-electron chi connectivity index (χ4n) is 2.72. The van der Waals surface area contributed by atoms with Crippen LogP contribution >= 0.6 is 0 Å². The molecule has 120 valence electrons. The van der Waals surface area contributed by atoms with E-state index < -0.39 is 4.92 Å². The summed E-state index contributed by atoms with van der Waals surface area (Å²) in [6.45, 7) is 5.75. The third-order valence-electron chi connectivity index (χ3n) is 4.05. The minimum Gasteiger partial charge on any atom is -0.352 e. The van der Waals surface area contributed by atoms with E-state index in [0.717, 1.165) is 19.4 Å². The number of hydrogen-bond donors (Lipinski definition) is 1. The van der Waals surface area contributed by atoms with Crippen LogP contribution in [0.1, 0.15) is 41.6 Å². The van der Waals surface area contributed by atoms with Crippen molar-refractivity contribution in [2.75, 3.05) is 26.2 Å². The molecule has 0 aromatic heterocycles. The number of unbranched alkanes of at least 4 members (excludes halogenated alkanes) is 1. The number of benzene rings is 1. The normalized spacial score (nSPS) is 15.0. The molecular formula is C16H23N3O3. The van der Waals surface area contributed by atoms with Gasteiger partial charge in [0.15, 0.2) is 0 Å². The molecule has 0 bridgehead atoms. The van der Waals surface area contributed by atoms with E-state index in [-0.39, 0.29) is 11.6 Å². The van der Waals surface area contributed by atoms with Crippen LogP contribution in [0.2, 0.25) is 0 Å². The number of likely N-dealkylation sites (tertiary alicyclic amines) is 1. The first-order chi connectivity index (χ1) is 10.6. The smallest absolute Gasteiger partial charge is 0.273 e.